The molecule has 182 valence electrons. The van der Waals surface area contributed by atoms with Gasteiger partial charge in [0.25, 0.3) is 11.1 Å². The summed E-state index contributed by atoms with van der Waals surface area (Å²) in [5.74, 6) is 1.27. The summed E-state index contributed by atoms with van der Waals surface area (Å²) in [6, 6.07) is 10.5. The molecular weight excluding hydrogens is 466 g/mol. The molecule has 1 aromatic carbocycles. The van der Waals surface area contributed by atoms with Crippen molar-refractivity contribution in [1.82, 2.24) is 24.6 Å². The number of amides is 1. The molecule has 0 saturated carbocycles. The Bertz CT molecular complexity index is 1370. The predicted molar refractivity (Wildman–Crippen MR) is 133 cm³/mol. The summed E-state index contributed by atoms with van der Waals surface area (Å²) in [5, 5.41) is 8.03. The van der Waals surface area contributed by atoms with Crippen molar-refractivity contribution in [1.29, 1.82) is 0 Å². The van der Waals surface area contributed by atoms with Crippen molar-refractivity contribution >= 4 is 17.7 Å². The Morgan fingerprint density at radius 3 is 2.80 bits per heavy atom. The van der Waals surface area contributed by atoms with Gasteiger partial charge >= 0.3 is 0 Å². The van der Waals surface area contributed by atoms with E-state index in [1.165, 1.54) is 22.5 Å². The molecule has 9 nitrogen and oxygen atoms in total. The molecule has 1 atom stereocenters. The third-order valence-electron chi connectivity index (χ3n) is 6.27. The number of aromatic nitrogens is 4. The molecule has 0 fully saturated rings. The summed E-state index contributed by atoms with van der Waals surface area (Å²) < 4.78 is 8.52. The number of carbonyl (C=O) groups excluding carboxylic acids is 1. The first-order valence-electron chi connectivity index (χ1n) is 11.9. The Labute approximate surface area is 206 Å². The van der Waals surface area contributed by atoms with Gasteiger partial charge in [0, 0.05) is 35.9 Å². The molecule has 3 heterocycles. The van der Waals surface area contributed by atoms with Gasteiger partial charge < -0.3 is 10.1 Å². The molecule has 10 heteroatoms. The zero-order valence-electron chi connectivity index (χ0n) is 19.5. The van der Waals surface area contributed by atoms with E-state index in [-0.39, 0.29) is 42.6 Å². The number of nitrogens with one attached hydrogen (secondary N) is 1. The first-order valence-corrected chi connectivity index (χ1v) is 12.9. The lowest BCUT2D eigenvalue weighted by Crippen LogP contribution is -2.35. The van der Waals surface area contributed by atoms with Crippen molar-refractivity contribution in [3.63, 3.8) is 0 Å². The highest BCUT2D eigenvalue weighted by Gasteiger charge is 2.31. The van der Waals surface area contributed by atoms with Gasteiger partial charge in [-0.2, -0.15) is 5.10 Å². The maximum atomic E-state index is 12.9. The summed E-state index contributed by atoms with van der Waals surface area (Å²) in [5.41, 5.74) is 3.03. The van der Waals surface area contributed by atoms with Crippen molar-refractivity contribution < 1.29 is 9.53 Å². The third kappa shape index (κ3) is 4.88. The number of hydrogen-bond acceptors (Lipinski definition) is 7. The second kappa shape index (κ2) is 10.1. The fourth-order valence-corrected chi connectivity index (χ4v) is 5.70. The maximum absolute atomic E-state index is 12.9. The third-order valence-corrected chi connectivity index (χ3v) is 7.36. The second-order valence-electron chi connectivity index (χ2n) is 8.60. The summed E-state index contributed by atoms with van der Waals surface area (Å²) in [7, 11) is 0. The smallest absolute Gasteiger partial charge is 0.266 e. The van der Waals surface area contributed by atoms with Crippen LogP contribution in [0.5, 0.6) is 5.75 Å². The average Bonchev–Trinajstić information content (AvgIpc) is 3.49. The van der Waals surface area contributed by atoms with E-state index in [9.17, 15) is 14.4 Å². The molecule has 1 amide bonds. The number of benzene rings is 1. The molecule has 0 radical (unpaired) electrons. The molecule has 35 heavy (non-hydrogen) atoms. The largest absolute Gasteiger partial charge is 0.494 e. The highest BCUT2D eigenvalue weighted by Crippen LogP contribution is 2.33. The molecule has 0 spiro atoms. The standard InChI is InChI=1S/C25H27N5O4S/c1-2-34-18-8-6-16(7-9-18)20-10-11-23(32)29(28-20)13-12-26-22(31)14-17-15-35-25-27-21-5-3-4-19(21)24(33)30(17)25/h6-11,17H,2-5,12-15H2,1H3,(H,26,31). The number of hydrogen-bond donors (Lipinski definition) is 1. The summed E-state index contributed by atoms with van der Waals surface area (Å²) in [6.07, 6.45) is 2.79. The van der Waals surface area contributed by atoms with E-state index in [2.05, 4.69) is 15.4 Å². The minimum Gasteiger partial charge on any atom is -0.494 e. The molecule has 1 aliphatic heterocycles. The van der Waals surface area contributed by atoms with Gasteiger partial charge in [0.2, 0.25) is 5.91 Å². The van der Waals surface area contributed by atoms with Gasteiger partial charge in [0.15, 0.2) is 5.16 Å². The molecule has 5 rings (SSSR count). The first kappa shape index (κ1) is 23.3. The Kier molecular flexibility index (Phi) is 6.72. The van der Waals surface area contributed by atoms with E-state index >= 15 is 0 Å². The van der Waals surface area contributed by atoms with E-state index in [1.807, 2.05) is 31.2 Å². The zero-order chi connectivity index (χ0) is 24.4. The van der Waals surface area contributed by atoms with Crippen LogP contribution in [0.15, 0.2) is 51.1 Å². The van der Waals surface area contributed by atoms with Gasteiger partial charge in [-0.3, -0.25) is 19.0 Å². The monoisotopic (exact) mass is 493 g/mol. The number of fused-ring (bicyclic) bond motifs is 2. The summed E-state index contributed by atoms with van der Waals surface area (Å²) in [4.78, 5) is 42.5. The van der Waals surface area contributed by atoms with Gasteiger partial charge in [-0.25, -0.2) is 9.67 Å². The number of thioether (sulfide) groups is 1. The van der Waals surface area contributed by atoms with Gasteiger partial charge in [-0.15, -0.1) is 0 Å². The lowest BCUT2D eigenvalue weighted by Gasteiger charge is -2.14. The Morgan fingerprint density at radius 2 is 2.00 bits per heavy atom. The van der Waals surface area contributed by atoms with Crippen LogP contribution in [0.25, 0.3) is 11.3 Å². The normalized spacial score (nSPS) is 16.1. The fraction of sp³-hybridized carbons (Fsp3) is 0.400. The number of ether oxygens (including phenoxy) is 1. The Morgan fingerprint density at radius 1 is 1.17 bits per heavy atom. The molecule has 1 aliphatic carbocycles. The zero-order valence-corrected chi connectivity index (χ0v) is 20.3. The fourth-order valence-electron chi connectivity index (χ4n) is 4.54. The molecule has 0 bridgehead atoms. The predicted octanol–water partition coefficient (Wildman–Crippen LogP) is 2.21. The highest BCUT2D eigenvalue weighted by atomic mass is 32.2. The molecule has 3 aromatic rings. The van der Waals surface area contributed by atoms with Crippen molar-refractivity contribution in [3.05, 3.63) is 68.4 Å². The van der Waals surface area contributed by atoms with E-state index in [0.717, 1.165) is 47.0 Å². The van der Waals surface area contributed by atoms with E-state index in [1.54, 1.807) is 10.6 Å². The van der Waals surface area contributed by atoms with E-state index in [0.29, 0.717) is 18.1 Å². The second-order valence-corrected chi connectivity index (χ2v) is 9.59. The lowest BCUT2D eigenvalue weighted by atomic mass is 10.1. The summed E-state index contributed by atoms with van der Waals surface area (Å²) in [6.45, 7) is 3.04. The van der Waals surface area contributed by atoms with Crippen LogP contribution in [-0.2, 0) is 24.2 Å². The first-order chi connectivity index (χ1) is 17.0. The highest BCUT2D eigenvalue weighted by molar-refractivity contribution is 7.99. The molecule has 1 N–H and O–H groups in total. The average molecular weight is 494 g/mol. The molecule has 2 aromatic heterocycles. The van der Waals surface area contributed by atoms with Crippen LogP contribution in [0.3, 0.4) is 0 Å². The molecular formula is C25H27N5O4S. The van der Waals surface area contributed by atoms with Gasteiger partial charge in [-0.05, 0) is 56.5 Å². The van der Waals surface area contributed by atoms with Crippen LogP contribution in [-0.4, -0.2) is 44.1 Å². The van der Waals surface area contributed by atoms with Crippen LogP contribution < -0.4 is 21.2 Å². The van der Waals surface area contributed by atoms with Crippen molar-refractivity contribution in [2.75, 3.05) is 18.9 Å². The van der Waals surface area contributed by atoms with Crippen LogP contribution in [0, 0.1) is 0 Å². The minimum atomic E-state index is -0.235. The molecule has 0 saturated heterocycles. The van der Waals surface area contributed by atoms with Crippen molar-refractivity contribution in [3.8, 4) is 17.0 Å². The van der Waals surface area contributed by atoms with Gasteiger partial charge in [-0.1, -0.05) is 11.8 Å². The van der Waals surface area contributed by atoms with Crippen LogP contribution in [0.4, 0.5) is 0 Å². The van der Waals surface area contributed by atoms with Crippen LogP contribution >= 0.6 is 11.8 Å². The van der Waals surface area contributed by atoms with Crippen LogP contribution in [0.1, 0.15) is 37.1 Å². The van der Waals surface area contributed by atoms with Crippen molar-refractivity contribution in [2.24, 2.45) is 0 Å². The van der Waals surface area contributed by atoms with Gasteiger partial charge in [0.05, 0.1) is 30.6 Å². The Hall–Kier alpha value is -3.40. The quantitative estimate of drug-likeness (QED) is 0.479. The minimum absolute atomic E-state index is 0.00663. The van der Waals surface area contributed by atoms with Crippen molar-refractivity contribution in [2.45, 2.75) is 50.4 Å². The van der Waals surface area contributed by atoms with E-state index in [4.69, 9.17) is 4.74 Å². The lowest BCUT2D eigenvalue weighted by molar-refractivity contribution is -0.121. The number of aryl methyl sites for hydroxylation is 1. The van der Waals surface area contributed by atoms with Crippen LogP contribution in [0.2, 0.25) is 0 Å². The topological polar surface area (TPSA) is 108 Å². The SMILES string of the molecule is CCOc1ccc(-c2ccc(=O)n(CCNC(=O)CC3CSc4nc5c(c(=O)n43)CCC5)n2)cc1. The maximum Gasteiger partial charge on any atom is 0.266 e. The van der Waals surface area contributed by atoms with Gasteiger partial charge in [0.1, 0.15) is 5.75 Å². The summed E-state index contributed by atoms with van der Waals surface area (Å²) >= 11 is 1.53. The Balaban J connectivity index is 1.20. The molecule has 2 aliphatic rings. The van der Waals surface area contributed by atoms with E-state index < -0.39 is 0 Å². The number of rotatable bonds is 8. The number of carbonyl (C=O) groups is 1. The molecule has 1 unspecified atom stereocenters. The number of nitrogens with zero attached hydrogens (tertiary/aromatic N) is 4.